The topological polar surface area (TPSA) is 23.9 Å². The standard InChI is InChI=1S/C12H23N/c1-2-3-4-5-6-7-8-9-10-11-12-13/h13H,1-11H2. The van der Waals surface area contributed by atoms with E-state index in [-0.39, 0.29) is 0 Å². The molecule has 0 aliphatic heterocycles. The largest absolute Gasteiger partial charge is 0.303 e. The second-order valence-electron chi connectivity index (χ2n) is 3.61. The maximum absolute atomic E-state index is 6.74. The lowest BCUT2D eigenvalue weighted by molar-refractivity contribution is 0.573. The Kier molecular flexibility index (Phi) is 11.4. The smallest absolute Gasteiger partial charge is 0.0521 e. The molecular weight excluding hydrogens is 158 g/mol. The molecule has 0 aromatic heterocycles. The second kappa shape index (κ2) is 11.7. The summed E-state index contributed by atoms with van der Waals surface area (Å²) in [6.07, 6.45) is 14.9. The van der Waals surface area contributed by atoms with E-state index >= 15 is 0 Å². The highest BCUT2D eigenvalue weighted by atomic mass is 14.3. The molecule has 0 fully saturated rings. The second-order valence-corrected chi connectivity index (χ2v) is 3.61. The molecule has 0 spiro atoms. The molecule has 0 atom stereocenters. The van der Waals surface area contributed by atoms with Gasteiger partial charge in [-0.15, -0.1) is 0 Å². The van der Waals surface area contributed by atoms with Crippen LogP contribution >= 0.6 is 0 Å². The third-order valence-electron chi connectivity index (χ3n) is 2.30. The third kappa shape index (κ3) is 11.7. The first-order chi connectivity index (χ1) is 6.41. The minimum atomic E-state index is 0.849. The van der Waals surface area contributed by atoms with Gasteiger partial charge in [0.05, 0.1) is 6.21 Å². The summed E-state index contributed by atoms with van der Waals surface area (Å²) < 4.78 is 0. The fourth-order valence-corrected chi connectivity index (χ4v) is 1.45. The van der Waals surface area contributed by atoms with Crippen molar-refractivity contribution in [2.75, 3.05) is 0 Å². The fourth-order valence-electron chi connectivity index (χ4n) is 1.45. The average molecular weight is 181 g/mol. The molecule has 0 aromatic carbocycles. The molecule has 0 saturated carbocycles. The predicted molar refractivity (Wildman–Crippen MR) is 59.3 cm³/mol. The fraction of sp³-hybridized carbons (Fsp3) is 0.833. The van der Waals surface area contributed by atoms with Crippen LogP contribution in [-0.4, -0.2) is 6.21 Å². The van der Waals surface area contributed by atoms with Gasteiger partial charge in [-0.2, -0.15) is 0 Å². The van der Waals surface area contributed by atoms with Gasteiger partial charge in [0.1, 0.15) is 0 Å². The Morgan fingerprint density at radius 3 is 1.69 bits per heavy atom. The lowest BCUT2D eigenvalue weighted by atomic mass is 10.1. The highest BCUT2D eigenvalue weighted by Crippen LogP contribution is 2.09. The molecule has 0 amide bonds. The van der Waals surface area contributed by atoms with Crippen LogP contribution in [0.2, 0.25) is 0 Å². The summed E-state index contributed by atoms with van der Waals surface area (Å²) in [5.74, 6) is 0. The van der Waals surface area contributed by atoms with Crippen molar-refractivity contribution in [2.45, 2.75) is 64.2 Å². The van der Waals surface area contributed by atoms with Crippen LogP contribution in [-0.2, 0) is 0 Å². The Bertz CT molecular complexity index is 99.3. The summed E-state index contributed by atoms with van der Waals surface area (Å²) in [6.45, 7) is 3.83. The number of unbranched alkanes of at least 4 members (excludes halogenated alkanes) is 9. The highest BCUT2D eigenvalue weighted by molar-refractivity contribution is 5.52. The number of nitrogens with one attached hydrogen (secondary N) is 1. The quantitative estimate of drug-likeness (QED) is 0.385. The molecule has 0 rings (SSSR count). The van der Waals surface area contributed by atoms with Crippen LogP contribution in [0.15, 0.2) is 0 Å². The van der Waals surface area contributed by atoms with Crippen LogP contribution in [0.1, 0.15) is 64.2 Å². The molecule has 0 aliphatic carbocycles. The SMILES string of the molecule is [CH2]CCCCCCCCCC[C]=N. The van der Waals surface area contributed by atoms with E-state index in [1.807, 2.05) is 0 Å². The maximum atomic E-state index is 6.74. The van der Waals surface area contributed by atoms with Crippen molar-refractivity contribution < 1.29 is 0 Å². The summed E-state index contributed by atoms with van der Waals surface area (Å²) >= 11 is 0. The number of rotatable bonds is 10. The zero-order chi connectivity index (χ0) is 9.78. The van der Waals surface area contributed by atoms with Crippen molar-refractivity contribution in [3.63, 3.8) is 0 Å². The minimum Gasteiger partial charge on any atom is -0.303 e. The molecule has 0 aromatic rings. The Morgan fingerprint density at radius 2 is 1.23 bits per heavy atom. The maximum Gasteiger partial charge on any atom is 0.0521 e. The van der Waals surface area contributed by atoms with Crippen LogP contribution in [0.3, 0.4) is 0 Å². The molecule has 0 aliphatic rings. The van der Waals surface area contributed by atoms with Crippen LogP contribution in [0.5, 0.6) is 0 Å². The van der Waals surface area contributed by atoms with Gasteiger partial charge in [0.2, 0.25) is 0 Å². The Balaban J connectivity index is 2.79. The van der Waals surface area contributed by atoms with E-state index in [9.17, 15) is 0 Å². The zero-order valence-electron chi connectivity index (χ0n) is 8.78. The van der Waals surface area contributed by atoms with Crippen LogP contribution in [0.4, 0.5) is 0 Å². The molecule has 76 valence electrons. The van der Waals surface area contributed by atoms with Gasteiger partial charge in [0.25, 0.3) is 0 Å². The van der Waals surface area contributed by atoms with Crippen molar-refractivity contribution >= 4 is 6.21 Å². The molecule has 1 heteroatoms. The summed E-state index contributed by atoms with van der Waals surface area (Å²) in [5, 5.41) is 6.74. The molecule has 2 radical (unpaired) electrons. The summed E-state index contributed by atoms with van der Waals surface area (Å²) in [6, 6.07) is 0. The van der Waals surface area contributed by atoms with Gasteiger partial charge in [-0.25, -0.2) is 0 Å². The van der Waals surface area contributed by atoms with Gasteiger partial charge in [-0.1, -0.05) is 58.3 Å². The number of hydrogen-bond acceptors (Lipinski definition) is 1. The zero-order valence-corrected chi connectivity index (χ0v) is 8.78. The lowest BCUT2D eigenvalue weighted by Crippen LogP contribution is -1.81. The minimum absolute atomic E-state index is 0.849. The van der Waals surface area contributed by atoms with Crippen molar-refractivity contribution in [1.82, 2.24) is 0 Å². The van der Waals surface area contributed by atoms with Crippen molar-refractivity contribution in [2.24, 2.45) is 0 Å². The van der Waals surface area contributed by atoms with E-state index in [1.54, 1.807) is 0 Å². The Morgan fingerprint density at radius 1 is 0.769 bits per heavy atom. The lowest BCUT2D eigenvalue weighted by Gasteiger charge is -1.99. The molecule has 1 nitrogen and oxygen atoms in total. The first-order valence-corrected chi connectivity index (χ1v) is 5.60. The van der Waals surface area contributed by atoms with Gasteiger partial charge in [0, 0.05) is 0 Å². The van der Waals surface area contributed by atoms with E-state index in [0.29, 0.717) is 0 Å². The van der Waals surface area contributed by atoms with Crippen molar-refractivity contribution in [3.8, 4) is 0 Å². The van der Waals surface area contributed by atoms with E-state index in [0.717, 1.165) is 19.3 Å². The molecule has 0 saturated heterocycles. The van der Waals surface area contributed by atoms with Crippen molar-refractivity contribution in [3.05, 3.63) is 6.92 Å². The first-order valence-electron chi connectivity index (χ1n) is 5.60. The first kappa shape index (κ1) is 12.7. The predicted octanol–water partition coefficient (Wildman–Crippen LogP) is 4.25. The summed E-state index contributed by atoms with van der Waals surface area (Å²) in [7, 11) is 0. The van der Waals surface area contributed by atoms with Gasteiger partial charge < -0.3 is 5.41 Å². The summed E-state index contributed by atoms with van der Waals surface area (Å²) in [4.78, 5) is 0. The molecule has 0 heterocycles. The Hall–Kier alpha value is -0.330. The van der Waals surface area contributed by atoms with Gasteiger partial charge in [0.15, 0.2) is 0 Å². The normalized spacial score (nSPS) is 10.2. The highest BCUT2D eigenvalue weighted by Gasteiger charge is 1.90. The summed E-state index contributed by atoms with van der Waals surface area (Å²) in [5.41, 5.74) is 0. The van der Waals surface area contributed by atoms with Crippen LogP contribution < -0.4 is 0 Å². The molecule has 0 bridgehead atoms. The average Bonchev–Trinajstić information content (AvgIpc) is 2.16. The Labute approximate surface area is 83.4 Å². The van der Waals surface area contributed by atoms with E-state index in [1.165, 1.54) is 44.9 Å². The number of hydrogen-bond donors (Lipinski definition) is 1. The molecular formula is C12H23N. The van der Waals surface area contributed by atoms with E-state index in [4.69, 9.17) is 5.41 Å². The van der Waals surface area contributed by atoms with Crippen LogP contribution in [0, 0.1) is 12.3 Å². The molecule has 0 unspecified atom stereocenters. The van der Waals surface area contributed by atoms with Gasteiger partial charge >= 0.3 is 0 Å². The van der Waals surface area contributed by atoms with E-state index < -0.39 is 0 Å². The van der Waals surface area contributed by atoms with Crippen molar-refractivity contribution in [1.29, 1.82) is 5.41 Å². The van der Waals surface area contributed by atoms with Crippen LogP contribution in [0.25, 0.3) is 0 Å². The molecule has 13 heavy (non-hydrogen) atoms. The molecule has 1 N–H and O–H groups in total. The third-order valence-corrected chi connectivity index (χ3v) is 2.30. The van der Waals surface area contributed by atoms with Gasteiger partial charge in [-0.3, -0.25) is 0 Å². The monoisotopic (exact) mass is 181 g/mol. The van der Waals surface area contributed by atoms with Gasteiger partial charge in [-0.05, 0) is 12.8 Å². The van der Waals surface area contributed by atoms with E-state index in [2.05, 4.69) is 13.1 Å².